The Hall–Kier alpha value is -1.24. The lowest BCUT2D eigenvalue weighted by Gasteiger charge is -2.30. The Morgan fingerprint density at radius 2 is 0.783 bits per heavy atom. The molecule has 0 aliphatic rings. The lowest BCUT2D eigenvalue weighted by molar-refractivity contribution is -0.340. The van der Waals surface area contributed by atoms with Crippen molar-refractivity contribution in [3.63, 3.8) is 0 Å². The van der Waals surface area contributed by atoms with Crippen molar-refractivity contribution in [2.45, 2.75) is 42.5 Å². The first-order valence-electron chi connectivity index (χ1n) is 5.03. The van der Waals surface area contributed by atoms with Gasteiger partial charge in [-0.25, -0.2) is 8.78 Å². The van der Waals surface area contributed by atoms with Gasteiger partial charge in [-0.2, -0.15) is 52.7 Å². The van der Waals surface area contributed by atoms with Crippen molar-refractivity contribution in [1.82, 2.24) is 0 Å². The molecule has 0 saturated heterocycles. The molecule has 0 saturated carbocycles. The van der Waals surface area contributed by atoms with Gasteiger partial charge < -0.3 is 0 Å². The summed E-state index contributed by atoms with van der Waals surface area (Å²) < 4.78 is 170. The van der Waals surface area contributed by atoms with Gasteiger partial charge in [0.05, 0.1) is 0 Å². The first-order chi connectivity index (χ1) is 9.71. The second-order valence-electron chi connectivity index (χ2n) is 4.11. The molecular formula is C9H4F14. The smallest absolute Gasteiger partial charge is 0.223 e. The highest BCUT2D eigenvalue weighted by Gasteiger charge is 2.73. The number of rotatable bonds is 3. The zero-order chi connectivity index (χ0) is 19.1. The van der Waals surface area contributed by atoms with Gasteiger partial charge in [0.25, 0.3) is 0 Å². The van der Waals surface area contributed by atoms with Crippen LogP contribution >= 0.6 is 0 Å². The molecule has 14 heteroatoms. The predicted octanol–water partition coefficient (Wildman–Crippen LogP) is 5.60. The molecule has 0 amide bonds. The Labute approximate surface area is 117 Å². The topological polar surface area (TPSA) is 0 Å². The summed E-state index contributed by atoms with van der Waals surface area (Å²) in [5.41, 5.74) is -12.4. The van der Waals surface area contributed by atoms with E-state index < -0.39 is 54.6 Å². The van der Waals surface area contributed by atoms with E-state index >= 15 is 0 Å². The summed E-state index contributed by atoms with van der Waals surface area (Å²) in [6, 6.07) is 0. The van der Waals surface area contributed by atoms with E-state index in [1.54, 1.807) is 0 Å². The first kappa shape index (κ1) is 21.8. The molecule has 0 aromatic carbocycles. The number of alkyl halides is 14. The van der Waals surface area contributed by atoms with Crippen LogP contribution < -0.4 is 0 Å². The fourth-order valence-electron chi connectivity index (χ4n) is 1.13. The highest BCUT2D eigenvalue weighted by atomic mass is 19.4. The molecule has 0 N–H and O–H groups in total. The van der Waals surface area contributed by atoms with Gasteiger partial charge >= 0.3 is 36.0 Å². The van der Waals surface area contributed by atoms with Crippen molar-refractivity contribution in [2.24, 2.45) is 0 Å². The maximum Gasteiger partial charge on any atom is 0.435 e. The molecule has 0 atom stereocenters. The number of halogens is 14. The average Bonchev–Trinajstić information content (AvgIpc) is 2.22. The van der Waals surface area contributed by atoms with Crippen LogP contribution in [0.4, 0.5) is 61.5 Å². The maximum atomic E-state index is 13.0. The van der Waals surface area contributed by atoms with Gasteiger partial charge in [0.2, 0.25) is 0 Å². The number of hydrogen-bond acceptors (Lipinski definition) is 0. The molecule has 0 unspecified atom stereocenters. The van der Waals surface area contributed by atoms with Gasteiger partial charge in [0.1, 0.15) is 0 Å². The van der Waals surface area contributed by atoms with Crippen LogP contribution in [0.25, 0.3) is 0 Å². The van der Waals surface area contributed by atoms with E-state index in [4.69, 9.17) is 0 Å². The van der Waals surface area contributed by atoms with E-state index in [9.17, 15) is 61.5 Å². The van der Waals surface area contributed by atoms with Gasteiger partial charge in [0.15, 0.2) is 0 Å². The van der Waals surface area contributed by atoms with Crippen LogP contribution in [0.15, 0.2) is 12.2 Å². The Kier molecular flexibility index (Phi) is 5.38. The Morgan fingerprint density at radius 1 is 0.478 bits per heavy atom. The van der Waals surface area contributed by atoms with E-state index in [1.165, 1.54) is 0 Å². The van der Waals surface area contributed by atoms with Crippen LogP contribution in [0.2, 0.25) is 0 Å². The molecule has 138 valence electrons. The molecule has 0 fully saturated rings. The third-order valence-electron chi connectivity index (χ3n) is 2.47. The van der Waals surface area contributed by atoms with Gasteiger partial charge in [0, 0.05) is 6.42 Å². The second kappa shape index (κ2) is 5.69. The minimum absolute atomic E-state index is 1.15. The molecule has 0 radical (unpaired) electrons. The Morgan fingerprint density at radius 3 is 1.00 bits per heavy atom. The third-order valence-corrected chi connectivity index (χ3v) is 2.47. The predicted molar refractivity (Wildman–Crippen MR) is 45.7 cm³/mol. The van der Waals surface area contributed by atoms with Crippen LogP contribution in [0.1, 0.15) is 6.42 Å². The lowest BCUT2D eigenvalue weighted by Crippen LogP contribution is -2.53. The van der Waals surface area contributed by atoms with Crippen LogP contribution in [-0.2, 0) is 0 Å². The molecule has 0 nitrogen and oxygen atoms in total. The molecule has 0 spiro atoms. The van der Waals surface area contributed by atoms with Crippen molar-refractivity contribution >= 4 is 0 Å². The highest BCUT2D eigenvalue weighted by Crippen LogP contribution is 2.50. The lowest BCUT2D eigenvalue weighted by atomic mass is 9.97. The maximum absolute atomic E-state index is 13.0. The van der Waals surface area contributed by atoms with Crippen molar-refractivity contribution in [3.05, 3.63) is 12.2 Å². The van der Waals surface area contributed by atoms with E-state index in [-0.39, 0.29) is 0 Å². The van der Waals surface area contributed by atoms with Crippen molar-refractivity contribution in [1.29, 1.82) is 0 Å². The molecule has 0 aliphatic carbocycles. The zero-order valence-electron chi connectivity index (χ0n) is 10.2. The summed E-state index contributed by atoms with van der Waals surface area (Å²) in [5, 5.41) is 0. The van der Waals surface area contributed by atoms with Crippen LogP contribution in [0.5, 0.6) is 0 Å². The number of hydrogen-bond donors (Lipinski definition) is 0. The van der Waals surface area contributed by atoms with E-state index in [0.29, 0.717) is 0 Å². The second-order valence-corrected chi connectivity index (χ2v) is 4.11. The van der Waals surface area contributed by atoms with Crippen molar-refractivity contribution in [3.8, 4) is 0 Å². The largest absolute Gasteiger partial charge is 0.435 e. The van der Waals surface area contributed by atoms with E-state index in [0.717, 1.165) is 0 Å². The van der Waals surface area contributed by atoms with Gasteiger partial charge in [-0.3, -0.25) is 0 Å². The summed E-state index contributed by atoms with van der Waals surface area (Å²) in [6.07, 6.45) is -32.7. The third kappa shape index (κ3) is 4.00. The average molecular weight is 378 g/mol. The normalized spacial score (nSPS) is 16.3. The zero-order valence-corrected chi connectivity index (χ0v) is 10.2. The minimum Gasteiger partial charge on any atom is -0.223 e. The molecule has 0 rings (SSSR count). The SMILES string of the molecule is FC(F)(F)C(F)(/C=C/CC(F)(C(F)(F)F)C(F)(F)F)C(F)(F)F. The summed E-state index contributed by atoms with van der Waals surface area (Å²) in [5.74, 6) is 0. The summed E-state index contributed by atoms with van der Waals surface area (Å²) in [6.45, 7) is 0. The highest BCUT2D eigenvalue weighted by molar-refractivity contribution is 5.13. The molecule has 0 heterocycles. The van der Waals surface area contributed by atoms with Crippen molar-refractivity contribution in [2.75, 3.05) is 0 Å². The summed E-state index contributed by atoms with van der Waals surface area (Å²) in [7, 11) is 0. The molecule has 0 bridgehead atoms. The number of allylic oxidation sites excluding steroid dienone is 2. The van der Waals surface area contributed by atoms with Crippen LogP contribution in [0.3, 0.4) is 0 Å². The quantitative estimate of drug-likeness (QED) is 0.443. The molecule has 23 heavy (non-hydrogen) atoms. The first-order valence-corrected chi connectivity index (χ1v) is 5.03. The molecule has 0 aliphatic heterocycles. The summed E-state index contributed by atoms with van der Waals surface area (Å²) >= 11 is 0. The van der Waals surface area contributed by atoms with Gasteiger partial charge in [-0.15, -0.1) is 0 Å². The Bertz CT molecular complexity index is 401. The van der Waals surface area contributed by atoms with E-state index in [2.05, 4.69) is 0 Å². The van der Waals surface area contributed by atoms with Gasteiger partial charge in [-0.1, -0.05) is 6.08 Å². The molecular weight excluding hydrogens is 374 g/mol. The summed E-state index contributed by atoms with van der Waals surface area (Å²) in [4.78, 5) is 0. The molecule has 0 aromatic heterocycles. The minimum atomic E-state index is -6.74. The Balaban J connectivity index is 5.76. The monoisotopic (exact) mass is 378 g/mol. The van der Waals surface area contributed by atoms with Crippen LogP contribution in [-0.4, -0.2) is 36.0 Å². The molecule has 0 aromatic rings. The van der Waals surface area contributed by atoms with E-state index in [1.807, 2.05) is 0 Å². The van der Waals surface area contributed by atoms with Crippen LogP contribution in [0, 0.1) is 0 Å². The van der Waals surface area contributed by atoms with Crippen molar-refractivity contribution < 1.29 is 61.5 Å². The fourth-order valence-corrected chi connectivity index (χ4v) is 1.13. The standard InChI is InChI=1S/C9H4F14/c10-4(6(12,13)14,7(15,16)17)2-1-3-5(11,8(18,19)20)9(21,22)23/h1-2H,3H2/b2-1+. The fraction of sp³-hybridized carbons (Fsp3) is 0.778. The van der Waals surface area contributed by atoms with Gasteiger partial charge in [-0.05, 0) is 6.08 Å².